The van der Waals surface area contributed by atoms with Gasteiger partial charge in [-0.25, -0.2) is 4.79 Å². The molecule has 0 spiro atoms. The molecule has 4 aromatic rings. The van der Waals surface area contributed by atoms with E-state index in [1.165, 1.54) is 4.68 Å². The third-order valence-electron chi connectivity index (χ3n) is 5.33. The van der Waals surface area contributed by atoms with Crippen molar-refractivity contribution in [3.63, 3.8) is 0 Å². The van der Waals surface area contributed by atoms with Gasteiger partial charge < -0.3 is 4.74 Å². The van der Waals surface area contributed by atoms with Crippen molar-refractivity contribution in [3.05, 3.63) is 74.3 Å². The standard InChI is InChI=1S/C22H23ClN6O2/c1-13-10-21(14(2)9-16(13)19-11-15(3)27(4)24-19)31-12-17-18(23)7-6-8-20(17)29-22(30)28(5)25-26-29/h6-11H,12H2,1-5H3. The first kappa shape index (κ1) is 20.9. The van der Waals surface area contributed by atoms with Crippen LogP contribution in [0, 0.1) is 20.8 Å². The predicted octanol–water partition coefficient (Wildman–Crippen LogP) is 3.52. The normalized spacial score (nSPS) is 11.2. The van der Waals surface area contributed by atoms with E-state index in [0.717, 1.165) is 38.5 Å². The van der Waals surface area contributed by atoms with Gasteiger partial charge in [0, 0.05) is 35.9 Å². The zero-order chi connectivity index (χ0) is 22.3. The first-order chi connectivity index (χ1) is 14.8. The molecular formula is C22H23ClN6O2. The van der Waals surface area contributed by atoms with Gasteiger partial charge in [0.1, 0.15) is 12.4 Å². The highest BCUT2D eigenvalue weighted by Crippen LogP contribution is 2.31. The Kier molecular flexibility index (Phi) is 5.41. The second-order valence-corrected chi connectivity index (χ2v) is 7.96. The van der Waals surface area contributed by atoms with Crippen LogP contribution in [-0.2, 0) is 20.7 Å². The maximum absolute atomic E-state index is 12.3. The molecule has 0 aliphatic rings. The summed E-state index contributed by atoms with van der Waals surface area (Å²) < 4.78 is 10.4. The number of benzene rings is 2. The Bertz CT molecular complexity index is 1320. The SMILES string of the molecule is Cc1cc(-c2cc(C)n(C)n2)c(C)cc1OCc1c(Cl)cccc1-n1nnn(C)c1=O. The number of hydrogen-bond donors (Lipinski definition) is 0. The van der Waals surface area contributed by atoms with Crippen LogP contribution in [0.5, 0.6) is 5.75 Å². The van der Waals surface area contributed by atoms with E-state index in [1.54, 1.807) is 25.2 Å². The molecule has 4 rings (SSSR count). The highest BCUT2D eigenvalue weighted by Gasteiger charge is 2.16. The number of rotatable bonds is 5. The van der Waals surface area contributed by atoms with Crippen molar-refractivity contribution in [2.45, 2.75) is 27.4 Å². The highest BCUT2D eigenvalue weighted by molar-refractivity contribution is 6.31. The lowest BCUT2D eigenvalue weighted by atomic mass is 10.0. The number of aromatic nitrogens is 6. The number of hydrogen-bond acceptors (Lipinski definition) is 5. The van der Waals surface area contributed by atoms with E-state index in [1.807, 2.05) is 38.6 Å². The minimum atomic E-state index is -0.356. The number of ether oxygens (including phenoxy) is 1. The second-order valence-electron chi connectivity index (χ2n) is 7.55. The third-order valence-corrected chi connectivity index (χ3v) is 5.68. The molecule has 0 aliphatic carbocycles. The van der Waals surface area contributed by atoms with Crippen LogP contribution in [0.4, 0.5) is 0 Å². The van der Waals surface area contributed by atoms with Gasteiger partial charge in [-0.15, -0.1) is 0 Å². The first-order valence-corrected chi connectivity index (χ1v) is 10.2. The smallest absolute Gasteiger partial charge is 0.368 e. The molecule has 160 valence electrons. The fourth-order valence-electron chi connectivity index (χ4n) is 3.42. The molecule has 0 saturated heterocycles. The molecule has 8 nitrogen and oxygen atoms in total. The third kappa shape index (κ3) is 3.86. The zero-order valence-electron chi connectivity index (χ0n) is 18.0. The van der Waals surface area contributed by atoms with E-state index in [9.17, 15) is 4.79 Å². The van der Waals surface area contributed by atoms with Gasteiger partial charge in [-0.05, 0) is 72.7 Å². The molecular weight excluding hydrogens is 416 g/mol. The van der Waals surface area contributed by atoms with Crippen molar-refractivity contribution < 1.29 is 4.74 Å². The van der Waals surface area contributed by atoms with Crippen LogP contribution in [0.3, 0.4) is 0 Å². The second kappa shape index (κ2) is 8.03. The maximum Gasteiger partial charge on any atom is 0.368 e. The summed E-state index contributed by atoms with van der Waals surface area (Å²) in [7, 11) is 3.48. The van der Waals surface area contributed by atoms with Gasteiger partial charge in [0.2, 0.25) is 0 Å². The van der Waals surface area contributed by atoms with Crippen molar-refractivity contribution in [2.75, 3.05) is 0 Å². The van der Waals surface area contributed by atoms with E-state index >= 15 is 0 Å². The predicted molar refractivity (Wildman–Crippen MR) is 119 cm³/mol. The van der Waals surface area contributed by atoms with Crippen LogP contribution >= 0.6 is 11.6 Å². The van der Waals surface area contributed by atoms with Crippen molar-refractivity contribution in [2.24, 2.45) is 14.1 Å². The lowest BCUT2D eigenvalue weighted by molar-refractivity contribution is 0.303. The maximum atomic E-state index is 12.3. The summed E-state index contributed by atoms with van der Waals surface area (Å²) in [5, 5.41) is 12.8. The Morgan fingerprint density at radius 3 is 2.42 bits per heavy atom. The monoisotopic (exact) mass is 438 g/mol. The van der Waals surface area contributed by atoms with Gasteiger partial charge in [0.25, 0.3) is 0 Å². The minimum absolute atomic E-state index is 0.181. The summed E-state index contributed by atoms with van der Waals surface area (Å²) in [6.07, 6.45) is 0. The number of tetrazole rings is 1. The molecule has 0 atom stereocenters. The highest BCUT2D eigenvalue weighted by atomic mass is 35.5. The average Bonchev–Trinajstić information content (AvgIpc) is 3.24. The van der Waals surface area contributed by atoms with Gasteiger partial charge in [-0.1, -0.05) is 17.7 Å². The lowest BCUT2D eigenvalue weighted by Gasteiger charge is -2.15. The lowest BCUT2D eigenvalue weighted by Crippen LogP contribution is -2.23. The Balaban J connectivity index is 1.65. The van der Waals surface area contributed by atoms with Gasteiger partial charge >= 0.3 is 5.69 Å². The molecule has 0 bridgehead atoms. The van der Waals surface area contributed by atoms with E-state index in [2.05, 4.69) is 27.7 Å². The number of nitrogens with zero attached hydrogens (tertiary/aromatic N) is 6. The molecule has 9 heteroatoms. The van der Waals surface area contributed by atoms with Crippen LogP contribution in [0.1, 0.15) is 22.4 Å². The fourth-order valence-corrected chi connectivity index (χ4v) is 3.64. The Labute approximate surface area is 184 Å². The van der Waals surface area contributed by atoms with E-state index in [4.69, 9.17) is 16.3 Å². The molecule has 0 N–H and O–H groups in total. The Hall–Kier alpha value is -3.39. The number of halogens is 1. The minimum Gasteiger partial charge on any atom is -0.488 e. The fraction of sp³-hybridized carbons (Fsp3) is 0.273. The summed E-state index contributed by atoms with van der Waals surface area (Å²) in [5.74, 6) is 0.742. The van der Waals surface area contributed by atoms with Crippen LogP contribution in [0.15, 0.2) is 41.2 Å². The molecule has 31 heavy (non-hydrogen) atoms. The van der Waals surface area contributed by atoms with Crippen LogP contribution in [-0.4, -0.2) is 29.6 Å². The van der Waals surface area contributed by atoms with Crippen LogP contribution in [0.2, 0.25) is 5.02 Å². The zero-order valence-corrected chi connectivity index (χ0v) is 18.8. The van der Waals surface area contributed by atoms with E-state index in [-0.39, 0.29) is 12.3 Å². The molecule has 2 aromatic carbocycles. The summed E-state index contributed by atoms with van der Waals surface area (Å²) in [6, 6.07) is 11.4. The average molecular weight is 439 g/mol. The summed E-state index contributed by atoms with van der Waals surface area (Å²) >= 11 is 6.44. The van der Waals surface area contributed by atoms with Crippen molar-refractivity contribution in [3.8, 4) is 22.7 Å². The molecule has 0 amide bonds. The Morgan fingerprint density at radius 2 is 1.77 bits per heavy atom. The molecule has 0 radical (unpaired) electrons. The van der Waals surface area contributed by atoms with Crippen LogP contribution in [0.25, 0.3) is 16.9 Å². The topological polar surface area (TPSA) is 79.8 Å². The van der Waals surface area contributed by atoms with Gasteiger partial charge in [-0.2, -0.15) is 14.5 Å². The molecule has 0 fully saturated rings. The van der Waals surface area contributed by atoms with Crippen molar-refractivity contribution >= 4 is 11.6 Å². The van der Waals surface area contributed by atoms with Crippen LogP contribution < -0.4 is 10.4 Å². The van der Waals surface area contributed by atoms with Gasteiger partial charge in [-0.3, -0.25) is 4.68 Å². The molecule has 0 saturated carbocycles. The van der Waals surface area contributed by atoms with E-state index < -0.39 is 0 Å². The first-order valence-electron chi connectivity index (χ1n) is 9.78. The molecule has 0 aliphatic heterocycles. The molecule has 2 aromatic heterocycles. The molecule has 0 unspecified atom stereocenters. The summed E-state index contributed by atoms with van der Waals surface area (Å²) in [4.78, 5) is 12.3. The number of aryl methyl sites for hydroxylation is 5. The summed E-state index contributed by atoms with van der Waals surface area (Å²) in [5.41, 5.74) is 5.98. The van der Waals surface area contributed by atoms with E-state index in [0.29, 0.717) is 16.3 Å². The van der Waals surface area contributed by atoms with Gasteiger partial charge in [0.05, 0.1) is 11.4 Å². The largest absolute Gasteiger partial charge is 0.488 e. The summed E-state index contributed by atoms with van der Waals surface area (Å²) in [6.45, 7) is 6.24. The van der Waals surface area contributed by atoms with Crippen molar-refractivity contribution in [1.82, 2.24) is 29.6 Å². The Morgan fingerprint density at radius 1 is 1.00 bits per heavy atom. The quantitative estimate of drug-likeness (QED) is 0.476. The van der Waals surface area contributed by atoms with Gasteiger partial charge in [0.15, 0.2) is 0 Å². The molecule has 2 heterocycles. The van der Waals surface area contributed by atoms with Crippen molar-refractivity contribution in [1.29, 1.82) is 0 Å².